The molecule has 0 spiro atoms. The number of nitrogens with one attached hydrogen (secondary N) is 1. The highest BCUT2D eigenvalue weighted by Gasteiger charge is 2.03. The van der Waals surface area contributed by atoms with Gasteiger partial charge in [-0.3, -0.25) is 0 Å². The van der Waals surface area contributed by atoms with Crippen molar-refractivity contribution in [2.24, 2.45) is 0 Å². The summed E-state index contributed by atoms with van der Waals surface area (Å²) in [5.41, 5.74) is 1.25. The average Bonchev–Trinajstić information content (AvgIpc) is 2.74. The minimum atomic E-state index is 0.923. The molecular formula is C15H18BrNOS. The third-order valence-corrected chi connectivity index (χ3v) is 5.11. The van der Waals surface area contributed by atoms with Crippen LogP contribution in [0, 0.1) is 6.92 Å². The predicted molar refractivity (Wildman–Crippen MR) is 85.2 cm³/mol. The molecule has 0 aliphatic heterocycles. The van der Waals surface area contributed by atoms with Gasteiger partial charge in [-0.05, 0) is 53.5 Å². The van der Waals surface area contributed by atoms with Crippen LogP contribution in [0.4, 0.5) is 0 Å². The van der Waals surface area contributed by atoms with Crippen LogP contribution in [0.5, 0.6) is 5.75 Å². The van der Waals surface area contributed by atoms with E-state index in [9.17, 15) is 0 Å². The number of methoxy groups -OCH3 is 1. The van der Waals surface area contributed by atoms with E-state index < -0.39 is 0 Å². The number of rotatable bonds is 6. The van der Waals surface area contributed by atoms with Gasteiger partial charge in [0.15, 0.2) is 0 Å². The van der Waals surface area contributed by atoms with Gasteiger partial charge in [0, 0.05) is 20.8 Å². The van der Waals surface area contributed by atoms with Crippen LogP contribution >= 0.6 is 27.3 Å². The van der Waals surface area contributed by atoms with E-state index in [-0.39, 0.29) is 0 Å². The van der Waals surface area contributed by atoms with E-state index in [1.807, 2.05) is 23.5 Å². The van der Waals surface area contributed by atoms with Crippen molar-refractivity contribution in [1.29, 1.82) is 0 Å². The van der Waals surface area contributed by atoms with E-state index in [2.05, 4.69) is 46.4 Å². The van der Waals surface area contributed by atoms with Gasteiger partial charge in [-0.1, -0.05) is 18.2 Å². The van der Waals surface area contributed by atoms with E-state index in [0.29, 0.717) is 0 Å². The summed E-state index contributed by atoms with van der Waals surface area (Å²) in [6.45, 7) is 4.01. The molecule has 0 saturated heterocycles. The Labute approximate surface area is 126 Å². The summed E-state index contributed by atoms with van der Waals surface area (Å²) in [4.78, 5) is 2.70. The minimum absolute atomic E-state index is 0.923. The topological polar surface area (TPSA) is 21.3 Å². The van der Waals surface area contributed by atoms with Crippen LogP contribution in [-0.4, -0.2) is 13.7 Å². The Morgan fingerprint density at radius 2 is 2.11 bits per heavy atom. The van der Waals surface area contributed by atoms with Gasteiger partial charge in [0.05, 0.1) is 7.11 Å². The van der Waals surface area contributed by atoms with Gasteiger partial charge in [0.25, 0.3) is 0 Å². The summed E-state index contributed by atoms with van der Waals surface area (Å²) in [7, 11) is 1.72. The van der Waals surface area contributed by atoms with Crippen molar-refractivity contribution < 1.29 is 4.74 Å². The first-order chi connectivity index (χ1) is 9.20. The number of hydrogen-bond acceptors (Lipinski definition) is 3. The molecule has 0 fully saturated rings. The van der Waals surface area contributed by atoms with Crippen molar-refractivity contribution in [2.45, 2.75) is 19.9 Å². The first-order valence-electron chi connectivity index (χ1n) is 6.28. The molecule has 0 aliphatic carbocycles. The molecule has 0 aliphatic rings. The van der Waals surface area contributed by atoms with Crippen molar-refractivity contribution in [3.05, 3.63) is 50.1 Å². The standard InChI is InChI=1S/C15H18BrNOS/c1-11-14(16)9-13(19-11)10-17-8-7-12-5-3-4-6-15(12)18-2/h3-6,9,17H,7-8,10H2,1-2H3. The van der Waals surface area contributed by atoms with Crippen LogP contribution in [0.2, 0.25) is 0 Å². The van der Waals surface area contributed by atoms with Gasteiger partial charge in [0.1, 0.15) is 5.75 Å². The second-order valence-electron chi connectivity index (χ2n) is 4.36. The molecule has 19 heavy (non-hydrogen) atoms. The normalized spacial score (nSPS) is 10.7. The first kappa shape index (κ1) is 14.6. The average molecular weight is 340 g/mol. The first-order valence-corrected chi connectivity index (χ1v) is 7.89. The zero-order valence-electron chi connectivity index (χ0n) is 11.2. The van der Waals surface area contributed by atoms with Gasteiger partial charge in [-0.25, -0.2) is 0 Å². The summed E-state index contributed by atoms with van der Waals surface area (Å²) in [5.74, 6) is 0.971. The Bertz CT molecular complexity index is 519. The van der Waals surface area contributed by atoms with Gasteiger partial charge in [-0.2, -0.15) is 0 Å². The molecule has 0 atom stereocenters. The Morgan fingerprint density at radius 3 is 2.79 bits per heavy atom. The van der Waals surface area contributed by atoms with E-state index in [4.69, 9.17) is 4.74 Å². The number of benzene rings is 1. The van der Waals surface area contributed by atoms with Crippen molar-refractivity contribution in [1.82, 2.24) is 5.32 Å². The molecule has 102 valence electrons. The highest BCUT2D eigenvalue weighted by atomic mass is 79.9. The Hall–Kier alpha value is -0.840. The summed E-state index contributed by atoms with van der Waals surface area (Å²) in [6.07, 6.45) is 0.982. The lowest BCUT2D eigenvalue weighted by Gasteiger charge is -2.08. The van der Waals surface area contributed by atoms with Crippen LogP contribution in [0.3, 0.4) is 0 Å². The summed E-state index contributed by atoms with van der Waals surface area (Å²) < 4.78 is 6.56. The van der Waals surface area contributed by atoms with Gasteiger partial charge in [0.2, 0.25) is 0 Å². The molecule has 2 rings (SSSR count). The SMILES string of the molecule is COc1ccccc1CCNCc1cc(Br)c(C)s1. The second-order valence-corrected chi connectivity index (χ2v) is 6.55. The predicted octanol–water partition coefficient (Wildman–Crippen LogP) is 4.16. The van der Waals surface area contributed by atoms with Gasteiger partial charge in [-0.15, -0.1) is 11.3 Å². The number of para-hydroxylation sites is 1. The van der Waals surface area contributed by atoms with Crippen molar-refractivity contribution >= 4 is 27.3 Å². The van der Waals surface area contributed by atoms with Gasteiger partial charge < -0.3 is 10.1 Å². The number of ether oxygens (including phenoxy) is 1. The Morgan fingerprint density at radius 1 is 1.32 bits per heavy atom. The van der Waals surface area contributed by atoms with Crippen molar-refractivity contribution in [2.75, 3.05) is 13.7 Å². The lowest BCUT2D eigenvalue weighted by Crippen LogP contribution is -2.16. The number of halogens is 1. The van der Waals surface area contributed by atoms with E-state index in [1.54, 1.807) is 7.11 Å². The molecular weight excluding hydrogens is 322 g/mol. The summed E-state index contributed by atoms with van der Waals surface area (Å²) in [5, 5.41) is 3.48. The number of thiophene rings is 1. The summed E-state index contributed by atoms with van der Waals surface area (Å²) in [6, 6.07) is 10.4. The van der Waals surface area contributed by atoms with E-state index in [1.165, 1.54) is 19.8 Å². The summed E-state index contributed by atoms with van der Waals surface area (Å²) >= 11 is 5.38. The number of aryl methyl sites for hydroxylation is 1. The van der Waals surface area contributed by atoms with Crippen LogP contribution in [0.25, 0.3) is 0 Å². The molecule has 0 amide bonds. The molecule has 4 heteroatoms. The van der Waals surface area contributed by atoms with Gasteiger partial charge >= 0.3 is 0 Å². The maximum atomic E-state index is 5.35. The quantitative estimate of drug-likeness (QED) is 0.798. The van der Waals surface area contributed by atoms with Crippen molar-refractivity contribution in [3.8, 4) is 5.75 Å². The maximum absolute atomic E-state index is 5.35. The monoisotopic (exact) mass is 339 g/mol. The smallest absolute Gasteiger partial charge is 0.122 e. The molecule has 0 saturated carbocycles. The molecule has 1 aromatic heterocycles. The highest BCUT2D eigenvalue weighted by molar-refractivity contribution is 9.10. The zero-order chi connectivity index (χ0) is 13.7. The van der Waals surface area contributed by atoms with E-state index >= 15 is 0 Å². The lowest BCUT2D eigenvalue weighted by atomic mass is 10.1. The lowest BCUT2D eigenvalue weighted by molar-refractivity contribution is 0.409. The zero-order valence-corrected chi connectivity index (χ0v) is 13.6. The molecule has 0 radical (unpaired) electrons. The van der Waals surface area contributed by atoms with Crippen LogP contribution < -0.4 is 10.1 Å². The third kappa shape index (κ3) is 4.06. The maximum Gasteiger partial charge on any atom is 0.122 e. The fourth-order valence-corrected chi connectivity index (χ4v) is 3.52. The Kier molecular flexibility index (Phi) is 5.43. The second kappa shape index (κ2) is 7.08. The largest absolute Gasteiger partial charge is 0.496 e. The van der Waals surface area contributed by atoms with Crippen LogP contribution in [0.1, 0.15) is 15.3 Å². The van der Waals surface area contributed by atoms with Crippen LogP contribution in [-0.2, 0) is 13.0 Å². The van der Waals surface area contributed by atoms with E-state index in [0.717, 1.165) is 25.3 Å². The fraction of sp³-hybridized carbons (Fsp3) is 0.333. The molecule has 1 N–H and O–H groups in total. The number of hydrogen-bond donors (Lipinski definition) is 1. The molecule has 1 heterocycles. The molecule has 0 unspecified atom stereocenters. The molecule has 1 aromatic carbocycles. The van der Waals surface area contributed by atoms with Crippen LogP contribution in [0.15, 0.2) is 34.8 Å². The molecule has 2 aromatic rings. The minimum Gasteiger partial charge on any atom is -0.496 e. The molecule has 2 nitrogen and oxygen atoms in total. The molecule has 0 bridgehead atoms. The van der Waals surface area contributed by atoms with Crippen molar-refractivity contribution in [3.63, 3.8) is 0 Å². The fourth-order valence-electron chi connectivity index (χ4n) is 1.95. The third-order valence-electron chi connectivity index (χ3n) is 2.97. The Balaban J connectivity index is 1.80. The highest BCUT2D eigenvalue weighted by Crippen LogP contribution is 2.26.